The van der Waals surface area contributed by atoms with Crippen molar-refractivity contribution in [1.29, 1.82) is 0 Å². The van der Waals surface area contributed by atoms with Gasteiger partial charge in [-0.25, -0.2) is 4.39 Å². The lowest BCUT2D eigenvalue weighted by molar-refractivity contribution is 0.1000. The molecule has 0 saturated heterocycles. The van der Waals surface area contributed by atoms with Crippen LogP contribution in [0.1, 0.15) is 17.3 Å². The first kappa shape index (κ1) is 14.2. The molecule has 0 aliphatic carbocycles. The summed E-state index contributed by atoms with van der Waals surface area (Å²) in [6, 6.07) is 2.27. The number of nitrogen functional groups attached to an aromatic ring is 1. The van der Waals surface area contributed by atoms with Crippen LogP contribution < -0.4 is 16.2 Å². The Kier molecular flexibility index (Phi) is 4.49. The van der Waals surface area contributed by atoms with Crippen molar-refractivity contribution in [2.24, 2.45) is 5.73 Å². The third kappa shape index (κ3) is 3.59. The first-order chi connectivity index (χ1) is 8.31. The zero-order valence-corrected chi connectivity index (χ0v) is 10.7. The number of anilines is 1. The van der Waals surface area contributed by atoms with E-state index in [2.05, 4.69) is 0 Å². The molecule has 0 aliphatic heterocycles. The fourth-order valence-electron chi connectivity index (χ4n) is 1.64. The van der Waals surface area contributed by atoms with Crippen LogP contribution in [0.4, 0.5) is 10.1 Å². The van der Waals surface area contributed by atoms with Crippen molar-refractivity contribution in [2.75, 3.05) is 26.4 Å². The monoisotopic (exact) mass is 255 g/mol. The zero-order valence-electron chi connectivity index (χ0n) is 10.7. The summed E-state index contributed by atoms with van der Waals surface area (Å²) in [6.07, 6.45) is -0.223. The molecule has 4 N–H and O–H groups in total. The first-order valence-electron chi connectivity index (χ1n) is 5.51. The smallest absolute Gasteiger partial charge is 0.250 e. The number of carbonyl (C=O) groups is 1. The summed E-state index contributed by atoms with van der Waals surface area (Å²) in [5.74, 6) is -1.34. The van der Waals surface area contributed by atoms with Gasteiger partial charge in [-0.05, 0) is 27.1 Å². The molecule has 1 aromatic rings. The maximum absolute atomic E-state index is 13.6. The second-order valence-electron chi connectivity index (χ2n) is 4.42. The van der Waals surface area contributed by atoms with E-state index in [9.17, 15) is 9.18 Å². The van der Waals surface area contributed by atoms with Gasteiger partial charge in [-0.1, -0.05) is 0 Å². The summed E-state index contributed by atoms with van der Waals surface area (Å²) in [6.45, 7) is 2.43. The highest BCUT2D eigenvalue weighted by atomic mass is 19.1. The van der Waals surface area contributed by atoms with Crippen molar-refractivity contribution >= 4 is 11.6 Å². The van der Waals surface area contributed by atoms with Crippen molar-refractivity contribution in [1.82, 2.24) is 4.90 Å². The van der Waals surface area contributed by atoms with Gasteiger partial charge in [0.2, 0.25) is 0 Å². The molecule has 6 heteroatoms. The Morgan fingerprint density at radius 2 is 2.11 bits per heavy atom. The van der Waals surface area contributed by atoms with E-state index in [4.69, 9.17) is 16.2 Å². The van der Waals surface area contributed by atoms with Crippen LogP contribution in [0.15, 0.2) is 12.1 Å². The van der Waals surface area contributed by atoms with Gasteiger partial charge >= 0.3 is 0 Å². The molecule has 0 aliphatic rings. The van der Waals surface area contributed by atoms with E-state index in [1.807, 2.05) is 19.0 Å². The Bertz CT molecular complexity index is 449. The summed E-state index contributed by atoms with van der Waals surface area (Å²) >= 11 is 0. The Labute approximate surface area is 106 Å². The molecule has 18 heavy (non-hydrogen) atoms. The maximum Gasteiger partial charge on any atom is 0.250 e. The van der Waals surface area contributed by atoms with Crippen molar-refractivity contribution in [3.63, 3.8) is 0 Å². The predicted octanol–water partition coefficient (Wildman–Crippen LogP) is 0.836. The number of nitrogens with two attached hydrogens (primary N) is 2. The van der Waals surface area contributed by atoms with Crippen molar-refractivity contribution in [2.45, 2.75) is 13.0 Å². The average Bonchev–Trinajstić information content (AvgIpc) is 2.20. The molecule has 1 atom stereocenters. The molecule has 0 aromatic heterocycles. The number of primary amides is 1. The normalized spacial score (nSPS) is 12.5. The number of ether oxygens (including phenoxy) is 1. The van der Waals surface area contributed by atoms with E-state index in [1.165, 1.54) is 6.07 Å². The third-order valence-corrected chi connectivity index (χ3v) is 2.32. The van der Waals surface area contributed by atoms with Gasteiger partial charge in [0, 0.05) is 18.3 Å². The number of hydrogen-bond acceptors (Lipinski definition) is 4. The van der Waals surface area contributed by atoms with Gasteiger partial charge in [-0.15, -0.1) is 0 Å². The number of rotatable bonds is 5. The van der Waals surface area contributed by atoms with Crippen LogP contribution in [0.2, 0.25) is 0 Å². The van der Waals surface area contributed by atoms with E-state index < -0.39 is 11.7 Å². The van der Waals surface area contributed by atoms with E-state index in [-0.39, 0.29) is 23.1 Å². The quantitative estimate of drug-likeness (QED) is 0.764. The number of halogens is 1. The Morgan fingerprint density at radius 1 is 1.50 bits per heavy atom. The molecular weight excluding hydrogens is 237 g/mol. The van der Waals surface area contributed by atoms with Gasteiger partial charge in [0.15, 0.2) is 11.6 Å². The third-order valence-electron chi connectivity index (χ3n) is 2.32. The lowest BCUT2D eigenvalue weighted by Crippen LogP contribution is -2.28. The zero-order chi connectivity index (χ0) is 13.9. The Morgan fingerprint density at radius 3 is 2.61 bits per heavy atom. The van der Waals surface area contributed by atoms with Gasteiger partial charge in [0.25, 0.3) is 5.91 Å². The SMILES string of the molecule is CC(CN(C)C)Oc1cc(C(N)=O)c(N)cc1F. The minimum atomic E-state index is -0.711. The van der Waals surface area contributed by atoms with Gasteiger partial charge in [0.1, 0.15) is 6.10 Å². The lowest BCUT2D eigenvalue weighted by atomic mass is 10.1. The van der Waals surface area contributed by atoms with Crippen LogP contribution in [0.3, 0.4) is 0 Å². The number of benzene rings is 1. The summed E-state index contributed by atoms with van der Waals surface area (Å²) in [4.78, 5) is 13.0. The molecule has 1 unspecified atom stereocenters. The highest BCUT2D eigenvalue weighted by molar-refractivity contribution is 5.98. The van der Waals surface area contributed by atoms with Crippen LogP contribution in [-0.4, -0.2) is 37.6 Å². The molecule has 0 spiro atoms. The molecule has 1 amide bonds. The molecule has 0 radical (unpaired) electrons. The van der Waals surface area contributed by atoms with Crippen LogP contribution in [0.5, 0.6) is 5.75 Å². The van der Waals surface area contributed by atoms with Crippen LogP contribution in [0.25, 0.3) is 0 Å². The van der Waals surface area contributed by atoms with Crippen molar-refractivity contribution in [3.8, 4) is 5.75 Å². The molecule has 0 bridgehead atoms. The van der Waals surface area contributed by atoms with Crippen LogP contribution >= 0.6 is 0 Å². The first-order valence-corrected chi connectivity index (χ1v) is 5.51. The standard InChI is InChI=1S/C12H18FN3O2/c1-7(6-16(2)3)18-11-4-8(12(15)17)10(14)5-9(11)13/h4-5,7H,6,14H2,1-3H3,(H2,15,17). The summed E-state index contributed by atoms with van der Waals surface area (Å²) in [5, 5.41) is 0. The minimum Gasteiger partial charge on any atom is -0.486 e. The molecule has 1 aromatic carbocycles. The molecule has 0 saturated carbocycles. The molecule has 100 valence electrons. The fraction of sp³-hybridized carbons (Fsp3) is 0.417. The number of likely N-dealkylation sites (N-methyl/N-ethyl adjacent to an activating group) is 1. The number of nitrogens with zero attached hydrogens (tertiary/aromatic N) is 1. The van der Waals surface area contributed by atoms with Gasteiger partial charge in [0.05, 0.1) is 5.56 Å². The second-order valence-corrected chi connectivity index (χ2v) is 4.42. The summed E-state index contributed by atoms with van der Waals surface area (Å²) in [7, 11) is 3.77. The van der Waals surface area contributed by atoms with Gasteiger partial charge in [-0.2, -0.15) is 0 Å². The highest BCUT2D eigenvalue weighted by Crippen LogP contribution is 2.24. The van der Waals surface area contributed by atoms with E-state index in [0.717, 1.165) is 6.07 Å². The molecule has 1 rings (SSSR count). The molecule has 5 nitrogen and oxygen atoms in total. The summed E-state index contributed by atoms with van der Waals surface area (Å²) in [5.41, 5.74) is 10.7. The van der Waals surface area contributed by atoms with Crippen LogP contribution in [-0.2, 0) is 0 Å². The molecule has 0 heterocycles. The predicted molar refractivity (Wildman–Crippen MR) is 68.0 cm³/mol. The second kappa shape index (κ2) is 5.68. The Balaban J connectivity index is 2.95. The number of carbonyl (C=O) groups excluding carboxylic acids is 1. The van der Waals surface area contributed by atoms with Gasteiger partial charge in [-0.3, -0.25) is 4.79 Å². The van der Waals surface area contributed by atoms with Crippen molar-refractivity contribution < 1.29 is 13.9 Å². The highest BCUT2D eigenvalue weighted by Gasteiger charge is 2.15. The van der Waals surface area contributed by atoms with E-state index in [0.29, 0.717) is 6.54 Å². The average molecular weight is 255 g/mol. The summed E-state index contributed by atoms with van der Waals surface area (Å²) < 4.78 is 19.0. The Hall–Kier alpha value is -1.82. The van der Waals surface area contributed by atoms with Crippen molar-refractivity contribution in [3.05, 3.63) is 23.5 Å². The number of hydrogen-bond donors (Lipinski definition) is 2. The topological polar surface area (TPSA) is 81.6 Å². The molecule has 0 fully saturated rings. The van der Waals surface area contributed by atoms with Crippen LogP contribution in [0, 0.1) is 5.82 Å². The molecular formula is C12H18FN3O2. The van der Waals surface area contributed by atoms with Gasteiger partial charge < -0.3 is 21.1 Å². The maximum atomic E-state index is 13.6. The minimum absolute atomic E-state index is 0.00705. The van der Waals surface area contributed by atoms with E-state index >= 15 is 0 Å². The largest absolute Gasteiger partial charge is 0.486 e. The number of amides is 1. The fourth-order valence-corrected chi connectivity index (χ4v) is 1.64. The van der Waals surface area contributed by atoms with E-state index in [1.54, 1.807) is 6.92 Å². The lowest BCUT2D eigenvalue weighted by Gasteiger charge is -2.19.